The standard InChI is InChI=1S/C20H23N3O2S/c1-22(2)19-8-4-7-18-17(19)6-5-9-20(18)26(24,25)23(3)15-12-16-10-13-21-14-11-16/h4-11,13-14H,12,15H2,1-3H3. The van der Waals surface area contributed by atoms with E-state index in [1.807, 2.05) is 55.4 Å². The number of sulfonamides is 1. The predicted molar refractivity (Wildman–Crippen MR) is 106 cm³/mol. The van der Waals surface area contributed by atoms with E-state index in [1.165, 1.54) is 4.31 Å². The third-order valence-electron chi connectivity index (χ3n) is 4.49. The van der Waals surface area contributed by atoms with Crippen molar-refractivity contribution in [2.45, 2.75) is 11.3 Å². The molecule has 2 aromatic carbocycles. The molecule has 0 N–H and O–H groups in total. The van der Waals surface area contributed by atoms with Gasteiger partial charge < -0.3 is 4.90 Å². The fraction of sp³-hybridized carbons (Fsp3) is 0.250. The first-order valence-corrected chi connectivity index (χ1v) is 9.89. The van der Waals surface area contributed by atoms with Crippen LogP contribution in [0.5, 0.6) is 0 Å². The van der Waals surface area contributed by atoms with Gasteiger partial charge in [-0.25, -0.2) is 12.7 Å². The molecule has 0 amide bonds. The predicted octanol–water partition coefficient (Wildman–Crippen LogP) is 3.16. The molecule has 0 saturated heterocycles. The van der Waals surface area contributed by atoms with E-state index in [1.54, 1.807) is 31.6 Å². The van der Waals surface area contributed by atoms with Crippen LogP contribution in [0.1, 0.15) is 5.56 Å². The molecule has 6 heteroatoms. The van der Waals surface area contributed by atoms with Crippen LogP contribution in [0.15, 0.2) is 65.8 Å². The number of hydrogen-bond acceptors (Lipinski definition) is 4. The molecular formula is C20H23N3O2S. The van der Waals surface area contributed by atoms with Crippen LogP contribution in [-0.2, 0) is 16.4 Å². The average Bonchev–Trinajstić information content (AvgIpc) is 2.65. The zero-order valence-electron chi connectivity index (χ0n) is 15.3. The third kappa shape index (κ3) is 3.57. The van der Waals surface area contributed by atoms with E-state index in [9.17, 15) is 8.42 Å². The minimum absolute atomic E-state index is 0.343. The van der Waals surface area contributed by atoms with Crippen molar-refractivity contribution in [2.24, 2.45) is 0 Å². The number of fused-ring (bicyclic) bond motifs is 1. The summed E-state index contributed by atoms with van der Waals surface area (Å²) in [6, 6.07) is 15.0. The van der Waals surface area contributed by atoms with Gasteiger partial charge in [-0.3, -0.25) is 4.98 Å². The summed E-state index contributed by atoms with van der Waals surface area (Å²) in [5.74, 6) is 0. The Morgan fingerprint density at radius 2 is 1.54 bits per heavy atom. The van der Waals surface area contributed by atoms with Crippen LogP contribution in [0.3, 0.4) is 0 Å². The zero-order valence-corrected chi connectivity index (χ0v) is 16.1. The fourth-order valence-electron chi connectivity index (χ4n) is 3.00. The smallest absolute Gasteiger partial charge is 0.243 e. The highest BCUT2D eigenvalue weighted by atomic mass is 32.2. The molecule has 0 saturated carbocycles. The van der Waals surface area contributed by atoms with Gasteiger partial charge in [-0.15, -0.1) is 0 Å². The van der Waals surface area contributed by atoms with Gasteiger partial charge in [0.15, 0.2) is 0 Å². The second-order valence-electron chi connectivity index (χ2n) is 6.45. The van der Waals surface area contributed by atoms with Crippen molar-refractivity contribution in [3.8, 4) is 0 Å². The van der Waals surface area contributed by atoms with Crippen LogP contribution in [-0.4, -0.2) is 45.4 Å². The maximum absolute atomic E-state index is 13.1. The van der Waals surface area contributed by atoms with E-state index in [-0.39, 0.29) is 0 Å². The summed E-state index contributed by atoms with van der Waals surface area (Å²) in [6.45, 7) is 0.413. The topological polar surface area (TPSA) is 53.5 Å². The molecule has 136 valence electrons. The Bertz CT molecular complexity index is 1000. The Hall–Kier alpha value is -2.44. The van der Waals surface area contributed by atoms with Gasteiger partial charge in [0, 0.05) is 56.5 Å². The van der Waals surface area contributed by atoms with E-state index in [0.717, 1.165) is 22.0 Å². The maximum atomic E-state index is 13.1. The third-order valence-corrected chi connectivity index (χ3v) is 6.41. The quantitative estimate of drug-likeness (QED) is 0.670. The SMILES string of the molecule is CN(C)c1cccc2c(S(=O)(=O)N(C)CCc3ccncc3)cccc12. The Morgan fingerprint density at radius 1 is 0.885 bits per heavy atom. The Morgan fingerprint density at radius 3 is 2.23 bits per heavy atom. The Kier molecular flexibility index (Phi) is 5.25. The summed E-state index contributed by atoms with van der Waals surface area (Å²) in [6.07, 6.45) is 4.08. The molecule has 0 fully saturated rings. The molecule has 1 aromatic heterocycles. The van der Waals surface area contributed by atoms with Crippen molar-refractivity contribution in [1.29, 1.82) is 0 Å². The van der Waals surface area contributed by atoms with Crippen LogP contribution in [0.25, 0.3) is 10.8 Å². The molecule has 0 bridgehead atoms. The molecule has 26 heavy (non-hydrogen) atoms. The van der Waals surface area contributed by atoms with Gasteiger partial charge in [-0.2, -0.15) is 0 Å². The number of rotatable bonds is 6. The van der Waals surface area contributed by atoms with Gasteiger partial charge in [0.05, 0.1) is 4.90 Å². The fourth-order valence-corrected chi connectivity index (χ4v) is 4.38. The molecule has 3 rings (SSSR count). The van der Waals surface area contributed by atoms with Crippen molar-refractivity contribution in [2.75, 3.05) is 32.6 Å². The summed E-state index contributed by atoms with van der Waals surface area (Å²) in [5.41, 5.74) is 2.06. The number of nitrogens with zero attached hydrogens (tertiary/aromatic N) is 3. The van der Waals surface area contributed by atoms with Crippen LogP contribution in [0, 0.1) is 0 Å². The van der Waals surface area contributed by atoms with Crippen molar-refractivity contribution in [1.82, 2.24) is 9.29 Å². The molecule has 0 aliphatic rings. The van der Waals surface area contributed by atoms with Gasteiger partial charge in [-0.1, -0.05) is 24.3 Å². The molecule has 0 aliphatic heterocycles. The lowest BCUT2D eigenvalue weighted by Crippen LogP contribution is -2.29. The lowest BCUT2D eigenvalue weighted by molar-refractivity contribution is 0.473. The molecule has 0 aliphatic carbocycles. The summed E-state index contributed by atoms with van der Waals surface area (Å²) in [7, 11) is 1.96. The van der Waals surface area contributed by atoms with Crippen LogP contribution < -0.4 is 4.90 Å². The second kappa shape index (κ2) is 7.43. The number of pyridine rings is 1. The lowest BCUT2D eigenvalue weighted by atomic mass is 10.1. The van der Waals surface area contributed by atoms with Crippen molar-refractivity contribution < 1.29 is 8.42 Å². The molecule has 3 aromatic rings. The van der Waals surface area contributed by atoms with Crippen molar-refractivity contribution in [3.63, 3.8) is 0 Å². The van der Waals surface area contributed by atoms with Gasteiger partial charge in [0.2, 0.25) is 10.0 Å². The van der Waals surface area contributed by atoms with Crippen molar-refractivity contribution in [3.05, 3.63) is 66.5 Å². The minimum Gasteiger partial charge on any atom is -0.377 e. The van der Waals surface area contributed by atoms with Gasteiger partial charge in [0.1, 0.15) is 0 Å². The lowest BCUT2D eigenvalue weighted by Gasteiger charge is -2.20. The molecule has 0 spiro atoms. The number of hydrogen-bond donors (Lipinski definition) is 0. The molecule has 0 unspecified atom stereocenters. The van der Waals surface area contributed by atoms with Crippen LogP contribution >= 0.6 is 0 Å². The van der Waals surface area contributed by atoms with Gasteiger partial charge >= 0.3 is 0 Å². The van der Waals surface area contributed by atoms with E-state index in [0.29, 0.717) is 17.9 Å². The first-order valence-electron chi connectivity index (χ1n) is 8.45. The number of benzene rings is 2. The van der Waals surface area contributed by atoms with Crippen LogP contribution in [0.4, 0.5) is 5.69 Å². The molecule has 0 radical (unpaired) electrons. The normalized spacial score (nSPS) is 11.8. The zero-order chi connectivity index (χ0) is 18.7. The number of likely N-dealkylation sites (N-methyl/N-ethyl adjacent to an activating group) is 1. The van der Waals surface area contributed by atoms with Crippen LogP contribution in [0.2, 0.25) is 0 Å². The van der Waals surface area contributed by atoms with E-state index >= 15 is 0 Å². The second-order valence-corrected chi connectivity index (χ2v) is 8.47. The Balaban J connectivity index is 1.95. The minimum atomic E-state index is -3.58. The first kappa shape index (κ1) is 18.4. The number of aromatic nitrogens is 1. The maximum Gasteiger partial charge on any atom is 0.243 e. The van der Waals surface area contributed by atoms with Gasteiger partial charge in [0.25, 0.3) is 0 Å². The highest BCUT2D eigenvalue weighted by Crippen LogP contribution is 2.31. The highest BCUT2D eigenvalue weighted by molar-refractivity contribution is 7.89. The monoisotopic (exact) mass is 369 g/mol. The Labute approximate surface area is 154 Å². The summed E-state index contributed by atoms with van der Waals surface area (Å²) in [4.78, 5) is 6.32. The summed E-state index contributed by atoms with van der Waals surface area (Å²) in [5, 5.41) is 1.68. The van der Waals surface area contributed by atoms with E-state index in [4.69, 9.17) is 0 Å². The highest BCUT2D eigenvalue weighted by Gasteiger charge is 2.23. The van der Waals surface area contributed by atoms with E-state index in [2.05, 4.69) is 4.98 Å². The summed E-state index contributed by atoms with van der Waals surface area (Å²) >= 11 is 0. The van der Waals surface area contributed by atoms with Gasteiger partial charge in [-0.05, 0) is 36.2 Å². The molecule has 0 atom stereocenters. The number of anilines is 1. The molecule has 5 nitrogen and oxygen atoms in total. The molecule has 1 heterocycles. The average molecular weight is 369 g/mol. The largest absolute Gasteiger partial charge is 0.377 e. The molecular weight excluding hydrogens is 346 g/mol. The van der Waals surface area contributed by atoms with E-state index < -0.39 is 10.0 Å². The van der Waals surface area contributed by atoms with Crippen molar-refractivity contribution >= 4 is 26.5 Å². The first-order chi connectivity index (χ1) is 12.4. The summed E-state index contributed by atoms with van der Waals surface area (Å²) < 4.78 is 27.7.